The summed E-state index contributed by atoms with van der Waals surface area (Å²) in [6.07, 6.45) is 0.555. The van der Waals surface area contributed by atoms with Crippen LogP contribution in [0.4, 0.5) is 0 Å². The Morgan fingerprint density at radius 2 is 1.69 bits per heavy atom. The molecular weight excluding hydrogens is 206 g/mol. The van der Waals surface area contributed by atoms with Crippen LogP contribution in [-0.2, 0) is 9.59 Å². The van der Waals surface area contributed by atoms with Crippen LogP contribution in [0.3, 0.4) is 0 Å². The van der Waals surface area contributed by atoms with Crippen LogP contribution in [-0.4, -0.2) is 30.9 Å². The van der Waals surface area contributed by atoms with Crippen molar-refractivity contribution in [2.24, 2.45) is 11.1 Å². The van der Waals surface area contributed by atoms with E-state index in [0.29, 0.717) is 6.42 Å². The molecule has 0 saturated heterocycles. The van der Waals surface area contributed by atoms with Crippen LogP contribution < -0.4 is 16.4 Å². The molecule has 4 N–H and O–H groups in total. The van der Waals surface area contributed by atoms with Crippen LogP contribution >= 0.6 is 0 Å². The topological polar surface area (TPSA) is 84.2 Å². The van der Waals surface area contributed by atoms with Crippen molar-refractivity contribution in [3.8, 4) is 0 Å². The van der Waals surface area contributed by atoms with E-state index in [1.165, 1.54) is 0 Å². The van der Waals surface area contributed by atoms with Gasteiger partial charge in [0.25, 0.3) is 0 Å². The standard InChI is InChI=1S/C11H23N3O2/c1-6-11(4,12)9(16)14-7-10(2,3)8(15)13-5/h6-7,12H2,1-5H3,(H,13,15)(H,14,16). The van der Waals surface area contributed by atoms with E-state index in [1.54, 1.807) is 27.8 Å². The van der Waals surface area contributed by atoms with E-state index in [2.05, 4.69) is 10.6 Å². The number of amides is 2. The molecule has 0 saturated carbocycles. The normalized spacial score (nSPS) is 15.1. The van der Waals surface area contributed by atoms with Crippen LogP contribution in [0.5, 0.6) is 0 Å². The third kappa shape index (κ3) is 3.81. The summed E-state index contributed by atoms with van der Waals surface area (Å²) in [7, 11) is 1.57. The number of carbonyl (C=O) groups excluding carboxylic acids is 2. The van der Waals surface area contributed by atoms with Gasteiger partial charge < -0.3 is 16.4 Å². The summed E-state index contributed by atoms with van der Waals surface area (Å²) in [6.45, 7) is 7.34. The smallest absolute Gasteiger partial charge is 0.239 e. The Labute approximate surface area is 97.2 Å². The SMILES string of the molecule is CCC(C)(N)C(=O)NCC(C)(C)C(=O)NC. The average Bonchev–Trinajstić information content (AvgIpc) is 2.24. The van der Waals surface area contributed by atoms with Crippen LogP contribution in [0.2, 0.25) is 0 Å². The Morgan fingerprint density at radius 1 is 1.19 bits per heavy atom. The van der Waals surface area contributed by atoms with Crippen LogP contribution in [0.25, 0.3) is 0 Å². The van der Waals surface area contributed by atoms with E-state index in [9.17, 15) is 9.59 Å². The molecule has 2 amide bonds. The Hall–Kier alpha value is -1.10. The van der Waals surface area contributed by atoms with Crippen LogP contribution in [0.15, 0.2) is 0 Å². The van der Waals surface area contributed by atoms with Crippen molar-refractivity contribution < 1.29 is 9.59 Å². The van der Waals surface area contributed by atoms with Gasteiger partial charge >= 0.3 is 0 Å². The lowest BCUT2D eigenvalue weighted by Crippen LogP contribution is -2.54. The molecule has 1 atom stereocenters. The second-order valence-electron chi connectivity index (χ2n) is 4.92. The Bertz CT molecular complexity index is 272. The van der Waals surface area contributed by atoms with Crippen molar-refractivity contribution in [3.05, 3.63) is 0 Å². The van der Waals surface area contributed by atoms with E-state index < -0.39 is 11.0 Å². The number of rotatable bonds is 5. The Morgan fingerprint density at radius 3 is 2.06 bits per heavy atom. The highest BCUT2D eigenvalue weighted by molar-refractivity contribution is 5.87. The van der Waals surface area contributed by atoms with Crippen molar-refractivity contribution in [1.82, 2.24) is 10.6 Å². The summed E-state index contributed by atoms with van der Waals surface area (Å²) in [6, 6.07) is 0. The molecule has 0 aromatic carbocycles. The second-order valence-corrected chi connectivity index (χ2v) is 4.92. The molecule has 0 aliphatic heterocycles. The van der Waals surface area contributed by atoms with E-state index in [0.717, 1.165) is 0 Å². The molecule has 0 aromatic heterocycles. The predicted molar refractivity (Wildman–Crippen MR) is 63.7 cm³/mol. The fraction of sp³-hybridized carbons (Fsp3) is 0.818. The summed E-state index contributed by atoms with van der Waals surface area (Å²) in [4.78, 5) is 23.2. The van der Waals surface area contributed by atoms with Crippen molar-refractivity contribution >= 4 is 11.8 Å². The molecule has 0 spiro atoms. The zero-order valence-corrected chi connectivity index (χ0v) is 10.8. The molecule has 1 unspecified atom stereocenters. The number of carbonyl (C=O) groups is 2. The molecule has 0 fully saturated rings. The lowest BCUT2D eigenvalue weighted by atomic mass is 9.91. The first-order chi connectivity index (χ1) is 7.17. The van der Waals surface area contributed by atoms with Gasteiger partial charge in [0, 0.05) is 13.6 Å². The molecule has 0 bridgehead atoms. The van der Waals surface area contributed by atoms with Crippen LogP contribution in [0, 0.1) is 5.41 Å². The van der Waals surface area contributed by atoms with Gasteiger partial charge in [-0.05, 0) is 27.2 Å². The minimum Gasteiger partial charge on any atom is -0.359 e. The molecular formula is C11H23N3O2. The summed E-state index contributed by atoms with van der Waals surface area (Å²) >= 11 is 0. The Kier molecular flexibility index (Phi) is 4.93. The molecule has 5 nitrogen and oxygen atoms in total. The molecule has 5 heteroatoms. The lowest BCUT2D eigenvalue weighted by molar-refractivity contribution is -0.130. The summed E-state index contributed by atoms with van der Waals surface area (Å²) in [5, 5.41) is 5.26. The summed E-state index contributed by atoms with van der Waals surface area (Å²) in [5.41, 5.74) is 4.28. The zero-order chi connectivity index (χ0) is 13.0. The fourth-order valence-electron chi connectivity index (χ4n) is 1.08. The highest BCUT2D eigenvalue weighted by Gasteiger charge is 2.31. The number of hydrogen-bond donors (Lipinski definition) is 3. The van der Waals surface area contributed by atoms with Gasteiger partial charge in [-0.15, -0.1) is 0 Å². The van der Waals surface area contributed by atoms with E-state index in [-0.39, 0.29) is 18.4 Å². The first-order valence-corrected chi connectivity index (χ1v) is 5.46. The van der Waals surface area contributed by atoms with Gasteiger partial charge in [-0.3, -0.25) is 9.59 Å². The first-order valence-electron chi connectivity index (χ1n) is 5.46. The number of nitrogens with two attached hydrogens (primary N) is 1. The fourth-order valence-corrected chi connectivity index (χ4v) is 1.08. The van der Waals surface area contributed by atoms with Gasteiger partial charge in [0.2, 0.25) is 11.8 Å². The summed E-state index contributed by atoms with van der Waals surface area (Å²) in [5.74, 6) is -0.338. The number of hydrogen-bond acceptors (Lipinski definition) is 3. The molecule has 0 aromatic rings. The maximum Gasteiger partial charge on any atom is 0.239 e. The molecule has 0 radical (unpaired) electrons. The van der Waals surface area contributed by atoms with E-state index in [4.69, 9.17) is 5.73 Å². The van der Waals surface area contributed by atoms with Crippen molar-refractivity contribution in [2.75, 3.05) is 13.6 Å². The molecule has 16 heavy (non-hydrogen) atoms. The highest BCUT2D eigenvalue weighted by atomic mass is 16.2. The maximum absolute atomic E-state index is 11.7. The molecule has 94 valence electrons. The molecule has 0 heterocycles. The van der Waals surface area contributed by atoms with E-state index >= 15 is 0 Å². The monoisotopic (exact) mass is 229 g/mol. The Balaban J connectivity index is 4.36. The quantitative estimate of drug-likeness (QED) is 0.620. The average molecular weight is 229 g/mol. The van der Waals surface area contributed by atoms with Gasteiger partial charge in [-0.1, -0.05) is 6.92 Å². The van der Waals surface area contributed by atoms with Crippen molar-refractivity contribution in [3.63, 3.8) is 0 Å². The van der Waals surface area contributed by atoms with Crippen molar-refractivity contribution in [1.29, 1.82) is 0 Å². The lowest BCUT2D eigenvalue weighted by Gasteiger charge is -2.27. The molecule has 0 aliphatic carbocycles. The van der Waals surface area contributed by atoms with Gasteiger partial charge in [-0.25, -0.2) is 0 Å². The van der Waals surface area contributed by atoms with Crippen LogP contribution in [0.1, 0.15) is 34.1 Å². The number of nitrogens with one attached hydrogen (secondary N) is 2. The van der Waals surface area contributed by atoms with E-state index in [1.807, 2.05) is 6.92 Å². The highest BCUT2D eigenvalue weighted by Crippen LogP contribution is 2.14. The molecule has 0 rings (SSSR count). The first kappa shape index (κ1) is 14.9. The van der Waals surface area contributed by atoms with Gasteiger partial charge in [-0.2, -0.15) is 0 Å². The minimum atomic E-state index is -0.876. The minimum absolute atomic E-state index is 0.108. The second kappa shape index (κ2) is 5.30. The third-order valence-corrected chi connectivity index (χ3v) is 2.79. The maximum atomic E-state index is 11.7. The summed E-state index contributed by atoms with van der Waals surface area (Å²) < 4.78 is 0. The predicted octanol–water partition coefficient (Wildman–Crippen LogP) is 0.00220. The molecule has 0 aliphatic rings. The van der Waals surface area contributed by atoms with Gasteiger partial charge in [0.05, 0.1) is 11.0 Å². The largest absolute Gasteiger partial charge is 0.359 e. The van der Waals surface area contributed by atoms with Gasteiger partial charge in [0.15, 0.2) is 0 Å². The third-order valence-electron chi connectivity index (χ3n) is 2.79. The zero-order valence-electron chi connectivity index (χ0n) is 10.8. The van der Waals surface area contributed by atoms with Crippen molar-refractivity contribution in [2.45, 2.75) is 39.7 Å². The van der Waals surface area contributed by atoms with Gasteiger partial charge in [0.1, 0.15) is 0 Å².